The van der Waals surface area contributed by atoms with Crippen molar-refractivity contribution in [3.05, 3.63) is 72.2 Å². The van der Waals surface area contributed by atoms with Crippen LogP contribution in [0.25, 0.3) is 11.0 Å². The summed E-state index contributed by atoms with van der Waals surface area (Å²) in [5.74, 6) is -1.26. The summed E-state index contributed by atoms with van der Waals surface area (Å²) >= 11 is 0. The van der Waals surface area contributed by atoms with Gasteiger partial charge in [-0.15, -0.1) is 0 Å². The number of nitrogens with zero attached hydrogens (tertiary/aromatic N) is 2. The average molecular weight is 557 g/mol. The minimum absolute atomic E-state index is 0.0283. The van der Waals surface area contributed by atoms with Gasteiger partial charge in [0.05, 0.1) is 14.2 Å². The fourth-order valence-electron chi connectivity index (χ4n) is 3.65. The van der Waals surface area contributed by atoms with E-state index in [0.29, 0.717) is 12.0 Å². The Bertz CT molecular complexity index is 1650. The van der Waals surface area contributed by atoms with Gasteiger partial charge in [-0.05, 0) is 35.7 Å². The summed E-state index contributed by atoms with van der Waals surface area (Å²) in [6.07, 6.45) is 2.09. The maximum Gasteiger partial charge on any atom is 0.279 e. The van der Waals surface area contributed by atoms with Gasteiger partial charge in [-0.1, -0.05) is 24.7 Å². The van der Waals surface area contributed by atoms with E-state index in [1.54, 1.807) is 24.3 Å². The molecule has 2 aromatic carbocycles. The summed E-state index contributed by atoms with van der Waals surface area (Å²) in [6.45, 7) is 4.89. The molecule has 0 saturated carbocycles. The largest absolute Gasteiger partial charge is 0.496 e. The molecule has 0 aliphatic carbocycles. The molecule has 4 aromatic rings. The third kappa shape index (κ3) is 6.09. The van der Waals surface area contributed by atoms with Crippen LogP contribution in [-0.4, -0.2) is 38.7 Å². The smallest absolute Gasteiger partial charge is 0.279 e. The van der Waals surface area contributed by atoms with Crippen LogP contribution in [0.2, 0.25) is 0 Å². The second-order valence-electron chi connectivity index (χ2n) is 8.17. The molecule has 0 atom stereocenters. The fraction of sp³-hybridized carbons (Fsp3) is 0.192. The molecule has 0 aliphatic rings. The van der Waals surface area contributed by atoms with E-state index in [4.69, 9.17) is 18.7 Å². The molecule has 0 saturated heterocycles. The second-order valence-corrected chi connectivity index (χ2v) is 9.82. The predicted molar refractivity (Wildman–Crippen MR) is 140 cm³/mol. The molecular weight excluding hydrogens is 531 g/mol. The molecule has 2 aromatic heterocycles. The number of fused-ring (bicyclic) bond motifs is 1. The zero-order valence-corrected chi connectivity index (χ0v) is 22.1. The highest BCUT2D eigenvalue weighted by Gasteiger charge is 2.25. The molecule has 4 rings (SSSR count). The van der Waals surface area contributed by atoms with Crippen molar-refractivity contribution < 1.29 is 36.3 Å². The maximum absolute atomic E-state index is 13.3. The maximum atomic E-state index is 13.3. The zero-order chi connectivity index (χ0) is 28.2. The first-order valence-electron chi connectivity index (χ1n) is 11.6. The van der Waals surface area contributed by atoms with Crippen LogP contribution in [0.4, 0.5) is 10.2 Å². The number of amides is 1. The van der Waals surface area contributed by atoms with Gasteiger partial charge in [0.2, 0.25) is 5.88 Å². The van der Waals surface area contributed by atoms with Gasteiger partial charge in [0, 0.05) is 30.9 Å². The predicted octanol–water partition coefficient (Wildman–Crippen LogP) is 4.49. The molecule has 2 heterocycles. The van der Waals surface area contributed by atoms with Crippen molar-refractivity contribution in [2.45, 2.75) is 24.8 Å². The Labute approximate surface area is 223 Å². The van der Waals surface area contributed by atoms with Crippen LogP contribution in [0.5, 0.6) is 23.1 Å². The van der Waals surface area contributed by atoms with E-state index < -0.39 is 21.8 Å². The number of hydrogen-bond acceptors (Lipinski definition) is 9. The van der Waals surface area contributed by atoms with Crippen LogP contribution in [0.3, 0.4) is 0 Å². The normalized spacial score (nSPS) is 11.2. The number of methoxy groups -OCH3 is 2. The molecule has 1 amide bonds. The summed E-state index contributed by atoms with van der Waals surface area (Å²) in [7, 11) is -1.32. The lowest BCUT2D eigenvalue weighted by Crippen LogP contribution is -2.22. The molecule has 13 heteroatoms. The Morgan fingerprint density at radius 2 is 1.85 bits per heavy atom. The lowest BCUT2D eigenvalue weighted by molar-refractivity contribution is -0.119. The first-order valence-corrected chi connectivity index (χ1v) is 13.1. The Morgan fingerprint density at radius 3 is 2.54 bits per heavy atom. The van der Waals surface area contributed by atoms with E-state index in [1.807, 2.05) is 6.92 Å². The van der Waals surface area contributed by atoms with Gasteiger partial charge in [-0.2, -0.15) is 0 Å². The Morgan fingerprint density at radius 1 is 1.08 bits per heavy atom. The molecule has 0 bridgehead atoms. The van der Waals surface area contributed by atoms with Crippen LogP contribution in [0.1, 0.15) is 18.1 Å². The molecule has 2 N–H and O–H groups in total. The molecule has 0 aliphatic heterocycles. The van der Waals surface area contributed by atoms with Gasteiger partial charge >= 0.3 is 0 Å². The third-order valence-corrected chi connectivity index (χ3v) is 6.97. The number of nitrogens with one attached hydrogen (secondary N) is 2. The van der Waals surface area contributed by atoms with E-state index in [2.05, 4.69) is 26.8 Å². The van der Waals surface area contributed by atoms with Crippen molar-refractivity contribution >= 4 is 32.7 Å². The Hall–Kier alpha value is -4.65. The number of benzene rings is 2. The minimum Gasteiger partial charge on any atom is -0.496 e. The van der Waals surface area contributed by atoms with E-state index in [1.165, 1.54) is 38.6 Å². The van der Waals surface area contributed by atoms with Crippen molar-refractivity contribution in [3.63, 3.8) is 0 Å². The van der Waals surface area contributed by atoms with Crippen LogP contribution >= 0.6 is 0 Å². The monoisotopic (exact) mass is 556 g/mol. The van der Waals surface area contributed by atoms with E-state index in [9.17, 15) is 17.6 Å². The number of carbonyl (C=O) groups is 1. The second kappa shape index (κ2) is 11.4. The summed E-state index contributed by atoms with van der Waals surface area (Å²) < 4.78 is 63.8. The fourth-order valence-corrected chi connectivity index (χ4v) is 4.88. The van der Waals surface area contributed by atoms with E-state index in [-0.39, 0.29) is 51.4 Å². The van der Waals surface area contributed by atoms with Crippen molar-refractivity contribution in [2.24, 2.45) is 0 Å². The van der Waals surface area contributed by atoms with Gasteiger partial charge in [0.25, 0.3) is 15.9 Å². The van der Waals surface area contributed by atoms with Crippen molar-refractivity contribution in [3.8, 4) is 23.1 Å². The molecule has 0 radical (unpaired) electrons. The van der Waals surface area contributed by atoms with Gasteiger partial charge in [0.1, 0.15) is 27.5 Å². The Balaban J connectivity index is 1.61. The van der Waals surface area contributed by atoms with Crippen LogP contribution in [-0.2, 0) is 27.8 Å². The average Bonchev–Trinajstić information content (AvgIpc) is 3.32. The first kappa shape index (κ1) is 27.4. The molecule has 11 nitrogen and oxygen atoms in total. The number of sulfonamides is 1. The molecule has 39 heavy (non-hydrogen) atoms. The number of ether oxygens (including phenoxy) is 3. The van der Waals surface area contributed by atoms with Gasteiger partial charge in [-0.25, -0.2) is 17.8 Å². The first-order chi connectivity index (χ1) is 18.6. The number of aryl methyl sites for hydroxylation is 1. The van der Waals surface area contributed by atoms with Crippen LogP contribution in [0, 0.1) is 0 Å². The highest BCUT2D eigenvalue weighted by molar-refractivity contribution is 7.92. The van der Waals surface area contributed by atoms with Crippen LogP contribution < -0.4 is 24.2 Å². The number of anilines is 1. The summed E-state index contributed by atoms with van der Waals surface area (Å²) in [5, 5.41) is 6.54. The summed E-state index contributed by atoms with van der Waals surface area (Å²) in [4.78, 5) is 15.5. The standard InChI is InChI=1S/C26H25FN4O7S/c1-5-16-6-7-19(35-3)22(10-16)39(33,34)31-25-24-20(36-4)12-18(13-21(24)38-30-25)37-23-11-17(8-9-28-23)14-29-26(32)15(2)27/h6-13H,2,5,14H2,1,3-4H3,(H,29,32)(H,30,31). The van der Waals surface area contributed by atoms with Gasteiger partial charge in [0.15, 0.2) is 17.2 Å². The minimum atomic E-state index is -4.11. The number of carbonyl (C=O) groups excluding carboxylic acids is 1. The zero-order valence-electron chi connectivity index (χ0n) is 21.3. The number of aromatic nitrogens is 2. The summed E-state index contributed by atoms with van der Waals surface area (Å²) in [5.41, 5.74) is 1.59. The Kier molecular flexibility index (Phi) is 8.00. The molecule has 0 unspecified atom stereocenters. The SMILES string of the molecule is C=C(F)C(=O)NCc1ccnc(Oc2cc(OC)c3c(NS(=O)(=O)c4cc(CC)ccc4OC)noc3c2)c1. The summed E-state index contributed by atoms with van der Waals surface area (Å²) in [6, 6.07) is 11.1. The number of rotatable bonds is 11. The van der Waals surface area contributed by atoms with Crippen LogP contribution in [0.15, 0.2) is 70.5 Å². The van der Waals surface area contributed by atoms with Crippen molar-refractivity contribution in [1.82, 2.24) is 15.5 Å². The quantitative estimate of drug-likeness (QED) is 0.255. The lowest BCUT2D eigenvalue weighted by atomic mass is 10.2. The van der Waals surface area contributed by atoms with Crippen molar-refractivity contribution in [1.29, 1.82) is 0 Å². The topological polar surface area (TPSA) is 142 Å². The molecule has 0 fully saturated rings. The lowest BCUT2D eigenvalue weighted by Gasteiger charge is -2.12. The van der Waals surface area contributed by atoms with Gasteiger partial charge in [-0.3, -0.25) is 9.52 Å². The molecule has 0 spiro atoms. The van der Waals surface area contributed by atoms with Gasteiger partial charge < -0.3 is 24.1 Å². The highest BCUT2D eigenvalue weighted by Crippen LogP contribution is 2.38. The number of halogens is 1. The van der Waals surface area contributed by atoms with E-state index in [0.717, 1.165) is 5.56 Å². The highest BCUT2D eigenvalue weighted by atomic mass is 32.2. The number of hydrogen-bond donors (Lipinski definition) is 2. The van der Waals surface area contributed by atoms with E-state index >= 15 is 0 Å². The van der Waals surface area contributed by atoms with Crippen molar-refractivity contribution in [2.75, 3.05) is 18.9 Å². The number of pyridine rings is 1. The molecule has 204 valence electrons. The molecular formula is C26H25FN4O7S. The third-order valence-electron chi connectivity index (χ3n) is 5.61.